The fourth-order valence-corrected chi connectivity index (χ4v) is 3.06. The van der Waals surface area contributed by atoms with Crippen molar-refractivity contribution in [2.45, 2.75) is 46.1 Å². The maximum absolute atomic E-state index is 12.4. The monoisotopic (exact) mass is 304 g/mol. The fourth-order valence-electron chi connectivity index (χ4n) is 3.06. The number of hydrogen-bond acceptors (Lipinski definition) is 3. The molecule has 1 fully saturated rings. The highest BCUT2D eigenvalue weighted by atomic mass is 16.5. The Kier molecular flexibility index (Phi) is 5.83. The van der Waals surface area contributed by atoms with E-state index in [1.165, 1.54) is 5.56 Å². The summed E-state index contributed by atoms with van der Waals surface area (Å²) in [5.41, 5.74) is 8.09. The Balaban J connectivity index is 1.86. The van der Waals surface area contributed by atoms with E-state index in [1.807, 2.05) is 30.9 Å². The van der Waals surface area contributed by atoms with Crippen molar-refractivity contribution in [2.24, 2.45) is 11.7 Å². The van der Waals surface area contributed by atoms with Crippen molar-refractivity contribution in [1.82, 2.24) is 4.90 Å². The Morgan fingerprint density at radius 3 is 2.91 bits per heavy atom. The van der Waals surface area contributed by atoms with Gasteiger partial charge >= 0.3 is 0 Å². The minimum Gasteiger partial charge on any atom is -0.493 e. The zero-order chi connectivity index (χ0) is 16.1. The van der Waals surface area contributed by atoms with Crippen LogP contribution in [-0.2, 0) is 4.79 Å². The molecule has 0 spiro atoms. The number of amides is 1. The average Bonchev–Trinajstić information content (AvgIpc) is 2.50. The van der Waals surface area contributed by atoms with Gasteiger partial charge in [0.2, 0.25) is 5.91 Å². The number of nitrogens with two attached hydrogens (primary N) is 1. The minimum absolute atomic E-state index is 0.160. The first-order chi connectivity index (χ1) is 10.5. The van der Waals surface area contributed by atoms with Gasteiger partial charge in [-0.3, -0.25) is 4.79 Å². The van der Waals surface area contributed by atoms with Crippen LogP contribution >= 0.6 is 0 Å². The molecule has 1 saturated heterocycles. The van der Waals surface area contributed by atoms with Gasteiger partial charge in [0.15, 0.2) is 0 Å². The van der Waals surface area contributed by atoms with Gasteiger partial charge in [0.05, 0.1) is 13.0 Å². The van der Waals surface area contributed by atoms with Gasteiger partial charge in [-0.15, -0.1) is 0 Å². The van der Waals surface area contributed by atoms with E-state index in [2.05, 4.69) is 13.0 Å². The number of aryl methyl sites for hydroxylation is 2. The lowest BCUT2D eigenvalue weighted by molar-refractivity contribution is -0.135. The van der Waals surface area contributed by atoms with Crippen LogP contribution in [0.2, 0.25) is 0 Å². The van der Waals surface area contributed by atoms with Crippen molar-refractivity contribution in [3.63, 3.8) is 0 Å². The third kappa shape index (κ3) is 4.23. The topological polar surface area (TPSA) is 55.6 Å². The molecule has 1 amide bonds. The number of likely N-dealkylation sites (tertiary alicyclic amines) is 1. The third-order valence-electron chi connectivity index (χ3n) is 4.49. The van der Waals surface area contributed by atoms with E-state index in [0.717, 1.165) is 30.7 Å². The van der Waals surface area contributed by atoms with Crippen LogP contribution in [0.5, 0.6) is 5.75 Å². The van der Waals surface area contributed by atoms with Crippen LogP contribution in [-0.4, -0.2) is 36.5 Å². The van der Waals surface area contributed by atoms with Crippen molar-refractivity contribution in [3.05, 3.63) is 29.3 Å². The van der Waals surface area contributed by atoms with E-state index in [9.17, 15) is 4.79 Å². The van der Waals surface area contributed by atoms with E-state index >= 15 is 0 Å². The number of piperidine rings is 1. The molecule has 22 heavy (non-hydrogen) atoms. The highest BCUT2D eigenvalue weighted by Gasteiger charge is 2.28. The maximum Gasteiger partial charge on any atom is 0.226 e. The van der Waals surface area contributed by atoms with Crippen molar-refractivity contribution in [3.8, 4) is 5.75 Å². The molecule has 2 atom stereocenters. The van der Waals surface area contributed by atoms with Gasteiger partial charge in [-0.05, 0) is 49.8 Å². The van der Waals surface area contributed by atoms with E-state index in [1.54, 1.807) is 0 Å². The number of rotatable bonds is 5. The van der Waals surface area contributed by atoms with E-state index in [-0.39, 0.29) is 11.9 Å². The number of nitrogens with zero attached hydrogens (tertiary/aromatic N) is 1. The minimum atomic E-state index is 0.160. The maximum atomic E-state index is 12.4. The van der Waals surface area contributed by atoms with Crippen molar-refractivity contribution < 1.29 is 9.53 Å². The Morgan fingerprint density at radius 1 is 1.41 bits per heavy atom. The summed E-state index contributed by atoms with van der Waals surface area (Å²) in [6.07, 6.45) is 2.50. The summed E-state index contributed by atoms with van der Waals surface area (Å²) in [4.78, 5) is 14.4. The molecule has 1 heterocycles. The number of benzene rings is 1. The molecule has 1 aliphatic heterocycles. The molecule has 2 rings (SSSR count). The van der Waals surface area contributed by atoms with Gasteiger partial charge in [0.25, 0.3) is 0 Å². The highest BCUT2D eigenvalue weighted by Crippen LogP contribution is 2.23. The van der Waals surface area contributed by atoms with Crippen LogP contribution in [0.25, 0.3) is 0 Å². The zero-order valence-corrected chi connectivity index (χ0v) is 14.0. The Bertz CT molecular complexity index is 516. The van der Waals surface area contributed by atoms with Crippen LogP contribution in [0.3, 0.4) is 0 Å². The molecule has 1 aromatic rings. The average molecular weight is 304 g/mol. The predicted molar refractivity (Wildman–Crippen MR) is 89.0 cm³/mol. The Morgan fingerprint density at radius 2 is 2.18 bits per heavy atom. The van der Waals surface area contributed by atoms with E-state index in [0.29, 0.717) is 25.5 Å². The van der Waals surface area contributed by atoms with Crippen LogP contribution in [0.15, 0.2) is 18.2 Å². The predicted octanol–water partition coefficient (Wildman–Crippen LogP) is 2.66. The largest absolute Gasteiger partial charge is 0.493 e. The molecule has 0 radical (unpaired) electrons. The number of carbonyl (C=O) groups is 1. The van der Waals surface area contributed by atoms with E-state index < -0.39 is 0 Å². The molecule has 4 nitrogen and oxygen atoms in total. The van der Waals surface area contributed by atoms with Gasteiger partial charge in [0.1, 0.15) is 5.75 Å². The molecule has 0 aliphatic carbocycles. The van der Waals surface area contributed by atoms with Crippen molar-refractivity contribution >= 4 is 5.91 Å². The van der Waals surface area contributed by atoms with Gasteiger partial charge in [-0.25, -0.2) is 0 Å². The SMILES string of the molecule is Cc1ccc(C)c(OCCC(=O)N2CCC(C)CC2CN)c1. The van der Waals surface area contributed by atoms with Crippen LogP contribution in [0.1, 0.15) is 37.3 Å². The lowest BCUT2D eigenvalue weighted by atomic mass is 9.92. The van der Waals surface area contributed by atoms with Crippen LogP contribution < -0.4 is 10.5 Å². The molecule has 0 aromatic heterocycles. The lowest BCUT2D eigenvalue weighted by Crippen LogP contribution is -2.49. The van der Waals surface area contributed by atoms with Crippen LogP contribution in [0, 0.1) is 19.8 Å². The molecule has 2 unspecified atom stereocenters. The van der Waals surface area contributed by atoms with Crippen molar-refractivity contribution in [2.75, 3.05) is 19.7 Å². The summed E-state index contributed by atoms with van der Waals surface area (Å²) >= 11 is 0. The summed E-state index contributed by atoms with van der Waals surface area (Å²) in [6, 6.07) is 6.32. The first kappa shape index (κ1) is 16.8. The molecule has 1 aliphatic rings. The number of hydrogen-bond donors (Lipinski definition) is 1. The summed E-state index contributed by atoms with van der Waals surface area (Å²) in [5.74, 6) is 1.69. The first-order valence-electron chi connectivity index (χ1n) is 8.21. The lowest BCUT2D eigenvalue weighted by Gasteiger charge is -2.38. The molecular weight excluding hydrogens is 276 g/mol. The summed E-state index contributed by atoms with van der Waals surface area (Å²) in [6.45, 7) is 8.09. The molecular formula is C18H28N2O2. The van der Waals surface area contributed by atoms with Gasteiger partial charge in [-0.2, -0.15) is 0 Å². The molecule has 0 saturated carbocycles. The normalized spacial score (nSPS) is 21.7. The van der Waals surface area contributed by atoms with Gasteiger partial charge in [0, 0.05) is 19.1 Å². The van der Waals surface area contributed by atoms with Gasteiger partial charge in [-0.1, -0.05) is 19.1 Å². The fraction of sp³-hybridized carbons (Fsp3) is 0.611. The molecule has 0 bridgehead atoms. The van der Waals surface area contributed by atoms with Gasteiger partial charge < -0.3 is 15.4 Å². The molecule has 1 aromatic carbocycles. The summed E-state index contributed by atoms with van der Waals surface area (Å²) < 4.78 is 5.79. The Labute approximate surface area is 133 Å². The molecule has 2 N–H and O–H groups in total. The first-order valence-corrected chi connectivity index (χ1v) is 8.21. The summed E-state index contributed by atoms with van der Waals surface area (Å²) in [5, 5.41) is 0. The zero-order valence-electron chi connectivity index (χ0n) is 14.0. The second kappa shape index (κ2) is 7.63. The second-order valence-corrected chi connectivity index (χ2v) is 6.47. The third-order valence-corrected chi connectivity index (χ3v) is 4.49. The quantitative estimate of drug-likeness (QED) is 0.910. The Hall–Kier alpha value is -1.55. The number of ether oxygens (including phenoxy) is 1. The van der Waals surface area contributed by atoms with Crippen LogP contribution in [0.4, 0.5) is 0 Å². The highest BCUT2D eigenvalue weighted by molar-refractivity contribution is 5.76. The second-order valence-electron chi connectivity index (χ2n) is 6.47. The molecule has 4 heteroatoms. The van der Waals surface area contributed by atoms with Crippen molar-refractivity contribution in [1.29, 1.82) is 0 Å². The number of carbonyl (C=O) groups excluding carboxylic acids is 1. The molecule has 122 valence electrons. The smallest absolute Gasteiger partial charge is 0.226 e. The standard InChI is InChI=1S/C18H28N2O2/c1-13-4-5-15(3)17(11-13)22-9-7-18(21)20-8-6-14(2)10-16(20)12-19/h4-5,11,14,16H,6-10,12,19H2,1-3H3. The summed E-state index contributed by atoms with van der Waals surface area (Å²) in [7, 11) is 0. The van der Waals surface area contributed by atoms with E-state index in [4.69, 9.17) is 10.5 Å².